The predicted molar refractivity (Wildman–Crippen MR) is 181 cm³/mol. The fourth-order valence-electron chi connectivity index (χ4n) is 7.15. The minimum Gasteiger partial charge on any atom is -0.328 e. The van der Waals surface area contributed by atoms with E-state index in [2.05, 4.69) is 87.2 Å². The fourth-order valence-corrected chi connectivity index (χ4v) is 9.10. The molecule has 2 N–H and O–H groups in total. The number of hydrazine groups is 1. The number of hydrogen-bond acceptors (Lipinski definition) is 11. The number of thiazole rings is 2. The molecule has 1 aliphatic carbocycles. The van der Waals surface area contributed by atoms with Crippen molar-refractivity contribution in [3.63, 3.8) is 0 Å². The molecule has 2 aromatic carbocycles. The molecule has 5 aromatic rings. The number of fused-ring (bicyclic) bond motifs is 2. The van der Waals surface area contributed by atoms with Crippen molar-refractivity contribution in [2.75, 3.05) is 4.90 Å². The second kappa shape index (κ2) is 12.9. The zero-order chi connectivity index (χ0) is 30.9. The van der Waals surface area contributed by atoms with Gasteiger partial charge in [0, 0.05) is 6.04 Å². The molecule has 0 radical (unpaired) electrons. The van der Waals surface area contributed by atoms with Crippen LogP contribution in [0.5, 0.6) is 0 Å². The zero-order valence-electron chi connectivity index (χ0n) is 25.8. The van der Waals surface area contributed by atoms with Gasteiger partial charge >= 0.3 is 0 Å². The van der Waals surface area contributed by atoms with Crippen LogP contribution in [0.4, 0.5) is 10.9 Å². The Hall–Kier alpha value is -3.76. The number of nitriles is 1. The molecule has 0 bridgehead atoms. The van der Waals surface area contributed by atoms with Gasteiger partial charge in [-0.1, -0.05) is 80.6 Å². The number of para-hydroxylation sites is 2. The third-order valence-corrected chi connectivity index (χ3v) is 11.4. The average molecular weight is 639 g/mol. The maximum Gasteiger partial charge on any atom is 0.213 e. The van der Waals surface area contributed by atoms with Crippen molar-refractivity contribution in [2.45, 2.75) is 77.7 Å². The van der Waals surface area contributed by atoms with E-state index < -0.39 is 0 Å². The van der Waals surface area contributed by atoms with E-state index in [0.29, 0.717) is 34.4 Å². The molecule has 3 aromatic heterocycles. The Balaban J connectivity index is 1.11. The van der Waals surface area contributed by atoms with Gasteiger partial charge < -0.3 is 4.90 Å². The number of benzene rings is 2. The molecule has 1 saturated heterocycles. The van der Waals surface area contributed by atoms with E-state index in [0.717, 1.165) is 52.5 Å². The Morgan fingerprint density at radius 1 is 0.956 bits per heavy atom. The lowest BCUT2D eigenvalue weighted by Gasteiger charge is -2.50. The summed E-state index contributed by atoms with van der Waals surface area (Å²) in [5, 5.41) is 25.1. The summed E-state index contributed by atoms with van der Waals surface area (Å²) in [6.07, 6.45) is 8.01. The van der Waals surface area contributed by atoms with Crippen LogP contribution in [0.3, 0.4) is 0 Å². The van der Waals surface area contributed by atoms with Crippen LogP contribution >= 0.6 is 22.7 Å². The maximum absolute atomic E-state index is 9.78. The highest BCUT2D eigenvalue weighted by Crippen LogP contribution is 2.44. The topological polar surface area (TPSA) is 119 Å². The summed E-state index contributed by atoms with van der Waals surface area (Å²) in [7, 11) is 0. The first-order chi connectivity index (χ1) is 22.0. The lowest BCUT2D eigenvalue weighted by Crippen LogP contribution is -2.63. The molecule has 2 aliphatic rings. The molecule has 12 heteroatoms. The molecule has 2 fully saturated rings. The number of hydrogen-bond donors (Lipinski definition) is 2. The number of nitrogens with one attached hydrogen (secondary N) is 2. The Morgan fingerprint density at radius 2 is 1.64 bits per heavy atom. The maximum atomic E-state index is 9.78. The van der Waals surface area contributed by atoms with Crippen molar-refractivity contribution in [3.8, 4) is 11.2 Å². The first-order valence-corrected chi connectivity index (χ1v) is 17.6. The summed E-state index contributed by atoms with van der Waals surface area (Å²) >= 11 is 3.31. The van der Waals surface area contributed by atoms with Crippen molar-refractivity contribution >= 4 is 54.1 Å². The van der Waals surface area contributed by atoms with E-state index >= 15 is 0 Å². The Bertz CT molecular complexity index is 1760. The second-order valence-corrected chi connectivity index (χ2v) is 14.3. The highest BCUT2D eigenvalue weighted by Gasteiger charge is 2.42. The summed E-state index contributed by atoms with van der Waals surface area (Å²) in [6, 6.07) is 19.0. The van der Waals surface area contributed by atoms with Gasteiger partial charge in [-0.3, -0.25) is 0 Å². The molecule has 45 heavy (non-hydrogen) atoms. The number of nitrogens with zero attached hydrogens (tertiary/aromatic N) is 8. The number of azo groups is 1. The van der Waals surface area contributed by atoms with Crippen LogP contribution in [-0.4, -0.2) is 38.1 Å². The van der Waals surface area contributed by atoms with E-state index in [1.807, 2.05) is 24.3 Å². The summed E-state index contributed by atoms with van der Waals surface area (Å²) in [4.78, 5) is 12.4. The molecule has 7 rings (SSSR count). The first-order valence-electron chi connectivity index (χ1n) is 16.0. The fraction of sp³-hybridized carbons (Fsp3) is 0.455. The average Bonchev–Trinajstić information content (AvgIpc) is 3.81. The number of aromatic nitrogens is 4. The van der Waals surface area contributed by atoms with Gasteiger partial charge in [0.1, 0.15) is 17.8 Å². The van der Waals surface area contributed by atoms with Crippen molar-refractivity contribution in [3.05, 3.63) is 60.3 Å². The van der Waals surface area contributed by atoms with Gasteiger partial charge in [0.2, 0.25) is 10.9 Å². The van der Waals surface area contributed by atoms with Crippen LogP contribution in [0.1, 0.15) is 64.9 Å². The summed E-state index contributed by atoms with van der Waals surface area (Å²) in [5.41, 5.74) is 9.36. The number of rotatable bonds is 8. The lowest BCUT2D eigenvalue weighted by atomic mass is 9.69. The molecular formula is C33H38N10S2. The Kier molecular flexibility index (Phi) is 8.59. The molecule has 4 unspecified atom stereocenters. The van der Waals surface area contributed by atoms with Gasteiger partial charge in [0.25, 0.3) is 0 Å². The van der Waals surface area contributed by atoms with Gasteiger partial charge in [0.15, 0.2) is 5.13 Å². The van der Waals surface area contributed by atoms with Gasteiger partial charge in [-0.25, -0.2) is 25.5 Å². The van der Waals surface area contributed by atoms with Crippen LogP contribution in [0.2, 0.25) is 0 Å². The SMILES string of the molecule is CCC1CC(C)CC(CC)C1N(c1nc2ccccc2s1)C1CCC(N=Nc2nn(-c3nc4ccccc4s3)cc2C#N)NN1. The first kappa shape index (κ1) is 29.9. The minimum atomic E-state index is -0.243. The van der Waals surface area contributed by atoms with Crippen LogP contribution < -0.4 is 15.8 Å². The van der Waals surface area contributed by atoms with E-state index in [1.54, 1.807) is 22.2 Å². The van der Waals surface area contributed by atoms with Crippen molar-refractivity contribution < 1.29 is 0 Å². The summed E-state index contributed by atoms with van der Waals surface area (Å²) < 4.78 is 3.90. The quantitative estimate of drug-likeness (QED) is 0.166. The van der Waals surface area contributed by atoms with Gasteiger partial charge in [0.05, 0.1) is 32.8 Å². The molecule has 4 atom stereocenters. The second-order valence-electron chi connectivity index (χ2n) is 12.3. The van der Waals surface area contributed by atoms with Crippen LogP contribution in [0.25, 0.3) is 25.6 Å². The van der Waals surface area contributed by atoms with Crippen molar-refractivity contribution in [1.82, 2.24) is 30.6 Å². The summed E-state index contributed by atoms with van der Waals surface area (Å²) in [5.74, 6) is 2.26. The Morgan fingerprint density at radius 3 is 2.27 bits per heavy atom. The molecule has 4 heterocycles. The molecular weight excluding hydrogens is 601 g/mol. The number of anilines is 1. The minimum absolute atomic E-state index is 0.0754. The third kappa shape index (κ3) is 5.97. The van der Waals surface area contributed by atoms with Gasteiger partial charge in [-0.2, -0.15) is 10.4 Å². The van der Waals surface area contributed by atoms with E-state index in [1.165, 1.54) is 28.9 Å². The highest BCUT2D eigenvalue weighted by atomic mass is 32.1. The predicted octanol–water partition coefficient (Wildman–Crippen LogP) is 7.94. The Labute approximate surface area is 271 Å². The van der Waals surface area contributed by atoms with Gasteiger partial charge in [-0.05, 0) is 67.7 Å². The molecule has 1 saturated carbocycles. The molecule has 0 amide bonds. The molecule has 232 valence electrons. The van der Waals surface area contributed by atoms with Crippen molar-refractivity contribution in [1.29, 1.82) is 5.26 Å². The zero-order valence-corrected chi connectivity index (χ0v) is 27.4. The molecule has 0 spiro atoms. The van der Waals surface area contributed by atoms with Gasteiger partial charge in [-0.15, -0.1) is 10.2 Å². The third-order valence-electron chi connectivity index (χ3n) is 9.30. The van der Waals surface area contributed by atoms with E-state index in [-0.39, 0.29) is 12.3 Å². The monoisotopic (exact) mass is 638 g/mol. The smallest absolute Gasteiger partial charge is 0.213 e. The van der Waals surface area contributed by atoms with Crippen LogP contribution in [0.15, 0.2) is 65.0 Å². The van der Waals surface area contributed by atoms with E-state index in [9.17, 15) is 5.26 Å². The highest BCUT2D eigenvalue weighted by molar-refractivity contribution is 7.22. The van der Waals surface area contributed by atoms with E-state index in [4.69, 9.17) is 4.98 Å². The van der Waals surface area contributed by atoms with Crippen molar-refractivity contribution in [2.24, 2.45) is 28.0 Å². The van der Waals surface area contributed by atoms with Crippen LogP contribution in [-0.2, 0) is 0 Å². The van der Waals surface area contributed by atoms with Crippen LogP contribution in [0, 0.1) is 29.1 Å². The standard InChI is InChI=1S/C33H38N10S2/c1-4-21-16-20(3)17-22(5-2)30(21)43(33-36-25-11-7-9-13-27(25)45-33)29-15-14-28(37-39-29)38-40-31-23(18-34)19-42(41-31)32-35-24-10-6-8-12-26(24)44-32/h6-13,19-22,28-30,37,39H,4-5,14-17H2,1-3H3. The molecule has 10 nitrogen and oxygen atoms in total. The molecule has 1 aliphatic heterocycles. The summed E-state index contributed by atoms with van der Waals surface area (Å²) in [6.45, 7) is 7.10. The lowest BCUT2D eigenvalue weighted by molar-refractivity contribution is 0.132. The normalized spacial score (nSPS) is 25.6. The largest absolute Gasteiger partial charge is 0.328 e.